The fraction of sp³-hybridized carbons (Fsp3) is 0. The van der Waals surface area contributed by atoms with Gasteiger partial charge in [-0.1, -0.05) is 0 Å². The Morgan fingerprint density at radius 1 is 1.00 bits per heavy atom. The van der Waals surface area contributed by atoms with E-state index in [4.69, 9.17) is 4.42 Å². The van der Waals surface area contributed by atoms with Crippen LogP contribution >= 0.6 is 0 Å². The van der Waals surface area contributed by atoms with Crippen molar-refractivity contribution in [3.05, 3.63) is 45.3 Å². The van der Waals surface area contributed by atoms with Crippen molar-refractivity contribution in [3.63, 3.8) is 0 Å². The van der Waals surface area contributed by atoms with Crippen LogP contribution in [0.5, 0.6) is 0 Å². The van der Waals surface area contributed by atoms with Crippen LogP contribution in [0.3, 0.4) is 0 Å². The number of rotatable bonds is 0. The van der Waals surface area contributed by atoms with Crippen molar-refractivity contribution >= 4 is 11.0 Å². The zero-order valence-corrected chi connectivity index (χ0v) is 5.94. The molecule has 4 heteroatoms. The van der Waals surface area contributed by atoms with Gasteiger partial charge in [-0.2, -0.15) is 0 Å². The Balaban J connectivity index is 3.18. The van der Waals surface area contributed by atoms with Crippen LogP contribution in [0.25, 0.3) is 11.0 Å². The molecule has 0 radical (unpaired) electrons. The van der Waals surface area contributed by atoms with Gasteiger partial charge >= 0.3 is 5.63 Å². The first-order chi connectivity index (χ1) is 5.79. The summed E-state index contributed by atoms with van der Waals surface area (Å²) < 4.78 is 9.42. The molecule has 2 aromatic rings. The Bertz CT molecular complexity index is 475. The van der Waals surface area contributed by atoms with Crippen molar-refractivity contribution in [2.24, 2.45) is 0 Å². The molecule has 0 saturated heterocycles. The Morgan fingerprint density at radius 3 is 2.50 bits per heavy atom. The van der Waals surface area contributed by atoms with E-state index >= 15 is 0 Å². The molecule has 60 valence electrons. The van der Waals surface area contributed by atoms with Gasteiger partial charge in [0.25, 0.3) is 0 Å². The number of fused-ring (bicyclic) bond motifs is 1. The van der Waals surface area contributed by atoms with Gasteiger partial charge < -0.3 is 8.83 Å². The maximum atomic E-state index is 11.1. The highest BCUT2D eigenvalue weighted by Gasteiger charge is 2.03. The summed E-state index contributed by atoms with van der Waals surface area (Å²) in [6.07, 6.45) is 2.43. The minimum absolute atomic E-state index is 0.0417. The molecule has 0 bridgehead atoms. The van der Waals surface area contributed by atoms with E-state index in [0.29, 0.717) is 0 Å². The summed E-state index contributed by atoms with van der Waals surface area (Å²) >= 11 is 0. The summed E-state index contributed by atoms with van der Waals surface area (Å²) in [5, 5.41) is -0.0417. The minimum Gasteiger partial charge on any atom is -0.464 e. The molecule has 0 aliphatic rings. The average Bonchev–Trinajstić information content (AvgIpc) is 2.04. The molecule has 0 fully saturated rings. The summed E-state index contributed by atoms with van der Waals surface area (Å²) in [6.45, 7) is 0. The van der Waals surface area contributed by atoms with Gasteiger partial charge in [0, 0.05) is 12.1 Å². The molecule has 0 spiro atoms. The Labute approximate surface area is 66.0 Å². The van der Waals surface area contributed by atoms with Crippen LogP contribution in [0.15, 0.2) is 43.1 Å². The molecule has 0 aliphatic carbocycles. The van der Waals surface area contributed by atoms with E-state index in [0.717, 1.165) is 0 Å². The second-order valence-corrected chi connectivity index (χ2v) is 2.23. The average molecular weight is 164 g/mol. The van der Waals surface area contributed by atoms with E-state index in [-0.39, 0.29) is 16.4 Å². The predicted molar refractivity (Wildman–Crippen MR) is 41.0 cm³/mol. The first-order valence-corrected chi connectivity index (χ1v) is 3.28. The van der Waals surface area contributed by atoms with E-state index in [9.17, 15) is 9.59 Å². The van der Waals surface area contributed by atoms with Crippen molar-refractivity contribution in [1.82, 2.24) is 0 Å². The Hall–Kier alpha value is -1.84. The third-order valence-corrected chi connectivity index (χ3v) is 1.51. The highest BCUT2D eigenvalue weighted by Crippen LogP contribution is 2.02. The predicted octanol–water partition coefficient (Wildman–Crippen LogP) is 0.746. The molecule has 0 amide bonds. The number of hydrogen-bond donors (Lipinski definition) is 0. The smallest absolute Gasteiger partial charge is 0.350 e. The van der Waals surface area contributed by atoms with Gasteiger partial charge in [-0.25, -0.2) is 4.79 Å². The third-order valence-electron chi connectivity index (χ3n) is 1.51. The van der Waals surface area contributed by atoms with Gasteiger partial charge in [0.1, 0.15) is 5.58 Å². The lowest BCUT2D eigenvalue weighted by Crippen LogP contribution is -2.10. The highest BCUT2D eigenvalue weighted by molar-refractivity contribution is 5.73. The van der Waals surface area contributed by atoms with Crippen molar-refractivity contribution in [3.8, 4) is 0 Å². The van der Waals surface area contributed by atoms with Gasteiger partial charge in [0.15, 0.2) is 10.8 Å². The third kappa shape index (κ3) is 0.852. The fourth-order valence-corrected chi connectivity index (χ4v) is 0.973. The SMILES string of the molecule is O=c1ccoc2ccoc(=O)c12. The first kappa shape index (κ1) is 6.84. The summed E-state index contributed by atoms with van der Waals surface area (Å²) in [4.78, 5) is 22.1. The van der Waals surface area contributed by atoms with E-state index in [1.54, 1.807) is 0 Å². The van der Waals surface area contributed by atoms with E-state index in [2.05, 4.69) is 4.42 Å². The van der Waals surface area contributed by atoms with Gasteiger partial charge in [-0.15, -0.1) is 0 Å². The van der Waals surface area contributed by atoms with Crippen LogP contribution in [-0.4, -0.2) is 0 Å². The van der Waals surface area contributed by atoms with Crippen molar-refractivity contribution in [2.75, 3.05) is 0 Å². The molecule has 2 heterocycles. The molecule has 0 aliphatic heterocycles. The molecule has 0 N–H and O–H groups in total. The molecular formula is C8H4O4. The summed E-state index contributed by atoms with van der Waals surface area (Å²) in [7, 11) is 0. The molecule has 2 rings (SSSR count). The quantitative estimate of drug-likeness (QED) is 0.576. The second-order valence-electron chi connectivity index (χ2n) is 2.23. The Morgan fingerprint density at radius 2 is 1.75 bits per heavy atom. The van der Waals surface area contributed by atoms with Crippen LogP contribution < -0.4 is 11.1 Å². The molecule has 0 aromatic carbocycles. The lowest BCUT2D eigenvalue weighted by molar-refractivity contribution is 0.510. The molecular weight excluding hydrogens is 160 g/mol. The second kappa shape index (κ2) is 2.34. The van der Waals surface area contributed by atoms with Crippen LogP contribution in [0.1, 0.15) is 0 Å². The topological polar surface area (TPSA) is 60.4 Å². The zero-order valence-electron chi connectivity index (χ0n) is 5.94. The van der Waals surface area contributed by atoms with Crippen molar-refractivity contribution in [1.29, 1.82) is 0 Å². The highest BCUT2D eigenvalue weighted by atomic mass is 16.4. The fourth-order valence-electron chi connectivity index (χ4n) is 0.973. The summed E-state index contributed by atoms with van der Waals surface area (Å²) in [5.74, 6) is 0. The summed E-state index contributed by atoms with van der Waals surface area (Å²) in [5.41, 5.74) is -0.800. The molecule has 0 unspecified atom stereocenters. The number of hydrogen-bond acceptors (Lipinski definition) is 4. The van der Waals surface area contributed by atoms with Crippen molar-refractivity contribution in [2.45, 2.75) is 0 Å². The van der Waals surface area contributed by atoms with E-state index < -0.39 is 5.63 Å². The summed E-state index contributed by atoms with van der Waals surface area (Å²) in [6, 6.07) is 2.61. The lowest BCUT2D eigenvalue weighted by atomic mass is 10.3. The van der Waals surface area contributed by atoms with Gasteiger partial charge in [-0.3, -0.25) is 4.79 Å². The van der Waals surface area contributed by atoms with Crippen LogP contribution in [-0.2, 0) is 0 Å². The van der Waals surface area contributed by atoms with Gasteiger partial charge in [-0.05, 0) is 0 Å². The minimum atomic E-state index is -0.665. The van der Waals surface area contributed by atoms with Crippen molar-refractivity contribution < 1.29 is 8.83 Å². The molecule has 4 nitrogen and oxygen atoms in total. The lowest BCUT2D eigenvalue weighted by Gasteiger charge is -1.90. The van der Waals surface area contributed by atoms with E-state index in [1.807, 2.05) is 0 Å². The molecule has 2 aromatic heterocycles. The van der Waals surface area contributed by atoms with Gasteiger partial charge in [0.05, 0.1) is 12.5 Å². The monoisotopic (exact) mass is 164 g/mol. The molecule has 0 saturated carbocycles. The Kier molecular flexibility index (Phi) is 1.33. The van der Waals surface area contributed by atoms with Crippen LogP contribution in [0.4, 0.5) is 0 Å². The normalized spacial score (nSPS) is 10.3. The largest absolute Gasteiger partial charge is 0.464 e. The molecule has 0 atom stereocenters. The van der Waals surface area contributed by atoms with Crippen LogP contribution in [0, 0.1) is 0 Å². The zero-order chi connectivity index (χ0) is 8.55. The first-order valence-electron chi connectivity index (χ1n) is 3.28. The maximum Gasteiger partial charge on any atom is 0.350 e. The molecule has 12 heavy (non-hydrogen) atoms. The standard InChI is InChI=1S/C8H4O4/c9-5-1-3-11-6-2-4-12-8(10)7(5)6/h1-4H. The van der Waals surface area contributed by atoms with Crippen LogP contribution in [0.2, 0.25) is 0 Å². The van der Waals surface area contributed by atoms with E-state index in [1.165, 1.54) is 24.7 Å². The van der Waals surface area contributed by atoms with Gasteiger partial charge in [0.2, 0.25) is 0 Å². The maximum absolute atomic E-state index is 11.1.